The molecule has 3 unspecified atom stereocenters. The number of rotatable bonds is 3. The Hall–Kier alpha value is -0.650. The Balaban J connectivity index is 1.92. The van der Waals surface area contributed by atoms with Crippen LogP contribution < -0.4 is 5.32 Å². The fourth-order valence-corrected chi connectivity index (χ4v) is 2.70. The molecule has 0 aliphatic carbocycles. The molecule has 3 atom stereocenters. The van der Waals surface area contributed by atoms with E-state index in [0.29, 0.717) is 13.1 Å². The van der Waals surface area contributed by atoms with Crippen molar-refractivity contribution >= 4 is 5.91 Å². The second-order valence-corrected chi connectivity index (χ2v) is 4.83. The molecule has 0 bridgehead atoms. The molecule has 2 saturated heterocycles. The second-order valence-electron chi connectivity index (χ2n) is 4.83. The van der Waals surface area contributed by atoms with Crippen molar-refractivity contribution in [3.8, 4) is 0 Å². The van der Waals surface area contributed by atoms with Gasteiger partial charge in [-0.3, -0.25) is 4.79 Å². The molecule has 17 heavy (non-hydrogen) atoms. The van der Waals surface area contributed by atoms with E-state index in [1.54, 1.807) is 14.2 Å². The monoisotopic (exact) mass is 242 g/mol. The summed E-state index contributed by atoms with van der Waals surface area (Å²) in [4.78, 5) is 14.2. The first-order chi connectivity index (χ1) is 8.26. The second kappa shape index (κ2) is 5.80. The van der Waals surface area contributed by atoms with Crippen molar-refractivity contribution in [2.24, 2.45) is 5.92 Å². The predicted molar refractivity (Wildman–Crippen MR) is 63.8 cm³/mol. The molecule has 0 saturated carbocycles. The summed E-state index contributed by atoms with van der Waals surface area (Å²) in [5, 5.41) is 3.28. The first-order valence-electron chi connectivity index (χ1n) is 6.31. The van der Waals surface area contributed by atoms with Crippen LogP contribution in [0.1, 0.15) is 12.8 Å². The van der Waals surface area contributed by atoms with E-state index in [1.807, 2.05) is 4.90 Å². The highest BCUT2D eigenvalue weighted by Gasteiger charge is 2.37. The number of methoxy groups -OCH3 is 2. The summed E-state index contributed by atoms with van der Waals surface area (Å²) in [6.07, 6.45) is 2.12. The molecule has 0 spiro atoms. The highest BCUT2D eigenvalue weighted by atomic mass is 16.5. The van der Waals surface area contributed by atoms with Crippen LogP contribution in [0, 0.1) is 5.92 Å². The summed E-state index contributed by atoms with van der Waals surface area (Å²) in [5.41, 5.74) is 0. The zero-order valence-corrected chi connectivity index (χ0v) is 10.6. The summed E-state index contributed by atoms with van der Waals surface area (Å²) < 4.78 is 10.7. The normalized spacial score (nSPS) is 34.0. The zero-order valence-electron chi connectivity index (χ0n) is 10.6. The van der Waals surface area contributed by atoms with Gasteiger partial charge in [0.2, 0.25) is 5.91 Å². The van der Waals surface area contributed by atoms with E-state index in [1.165, 1.54) is 0 Å². The van der Waals surface area contributed by atoms with Gasteiger partial charge in [0.05, 0.1) is 5.92 Å². The lowest BCUT2D eigenvalue weighted by molar-refractivity contribution is -0.135. The SMILES string of the molecule is COC1CN(C(=O)C2CCCNC2)CC1OC. The molecular weight excluding hydrogens is 220 g/mol. The van der Waals surface area contributed by atoms with Gasteiger partial charge in [0, 0.05) is 33.9 Å². The molecule has 0 radical (unpaired) electrons. The standard InChI is InChI=1S/C12H22N2O3/c1-16-10-7-14(8-11(10)17-2)12(15)9-4-3-5-13-6-9/h9-11,13H,3-8H2,1-2H3. The van der Waals surface area contributed by atoms with Crippen molar-refractivity contribution in [1.29, 1.82) is 0 Å². The van der Waals surface area contributed by atoms with Crippen LogP contribution in [0.2, 0.25) is 0 Å². The molecule has 2 aliphatic rings. The number of piperidine rings is 1. The third kappa shape index (κ3) is 2.78. The van der Waals surface area contributed by atoms with Crippen LogP contribution >= 0.6 is 0 Å². The minimum atomic E-state index is 0.0144. The van der Waals surface area contributed by atoms with Crippen molar-refractivity contribution in [2.45, 2.75) is 25.0 Å². The molecule has 2 fully saturated rings. The summed E-state index contributed by atoms with van der Waals surface area (Å²) >= 11 is 0. The van der Waals surface area contributed by atoms with Crippen molar-refractivity contribution in [3.05, 3.63) is 0 Å². The third-order valence-corrected chi connectivity index (χ3v) is 3.78. The molecule has 0 aromatic carbocycles. The Morgan fingerprint density at radius 1 is 1.24 bits per heavy atom. The Kier molecular flexibility index (Phi) is 4.36. The van der Waals surface area contributed by atoms with Gasteiger partial charge in [-0.05, 0) is 19.4 Å². The van der Waals surface area contributed by atoms with E-state index in [-0.39, 0.29) is 24.0 Å². The molecule has 0 aromatic heterocycles. The number of ether oxygens (including phenoxy) is 2. The number of likely N-dealkylation sites (tertiary alicyclic amines) is 1. The van der Waals surface area contributed by atoms with Crippen LogP contribution in [0.15, 0.2) is 0 Å². The molecule has 2 rings (SSSR count). The number of carbonyl (C=O) groups excluding carboxylic acids is 1. The Morgan fingerprint density at radius 3 is 2.35 bits per heavy atom. The molecule has 1 amide bonds. The smallest absolute Gasteiger partial charge is 0.227 e. The van der Waals surface area contributed by atoms with Gasteiger partial charge in [0.15, 0.2) is 0 Å². The Morgan fingerprint density at radius 2 is 1.88 bits per heavy atom. The molecule has 1 N–H and O–H groups in total. The lowest BCUT2D eigenvalue weighted by Crippen LogP contribution is -2.42. The van der Waals surface area contributed by atoms with Gasteiger partial charge >= 0.3 is 0 Å². The van der Waals surface area contributed by atoms with Crippen molar-refractivity contribution in [1.82, 2.24) is 10.2 Å². The molecule has 98 valence electrons. The van der Waals surface area contributed by atoms with Crippen LogP contribution in [0.5, 0.6) is 0 Å². The number of nitrogens with one attached hydrogen (secondary N) is 1. The molecule has 0 aromatic rings. The average molecular weight is 242 g/mol. The lowest BCUT2D eigenvalue weighted by Gasteiger charge is -2.26. The predicted octanol–water partition coefficient (Wildman–Crippen LogP) is -0.142. The third-order valence-electron chi connectivity index (χ3n) is 3.78. The number of amides is 1. The quantitative estimate of drug-likeness (QED) is 0.748. The van der Waals surface area contributed by atoms with E-state index in [2.05, 4.69) is 5.32 Å². The van der Waals surface area contributed by atoms with Gasteiger partial charge in [-0.1, -0.05) is 0 Å². The molecule has 5 nitrogen and oxygen atoms in total. The largest absolute Gasteiger partial charge is 0.377 e. The topological polar surface area (TPSA) is 50.8 Å². The number of hydrogen-bond acceptors (Lipinski definition) is 4. The van der Waals surface area contributed by atoms with Gasteiger partial charge in [-0.15, -0.1) is 0 Å². The highest BCUT2D eigenvalue weighted by molar-refractivity contribution is 5.79. The van der Waals surface area contributed by atoms with Gasteiger partial charge in [0.1, 0.15) is 12.2 Å². The van der Waals surface area contributed by atoms with E-state index in [0.717, 1.165) is 25.9 Å². The summed E-state index contributed by atoms with van der Waals surface area (Å²) in [6, 6.07) is 0. The van der Waals surface area contributed by atoms with Crippen molar-refractivity contribution in [2.75, 3.05) is 40.4 Å². The summed E-state index contributed by atoms with van der Waals surface area (Å²) in [5.74, 6) is 0.385. The number of carbonyl (C=O) groups is 1. The van der Waals surface area contributed by atoms with E-state index >= 15 is 0 Å². The van der Waals surface area contributed by atoms with Crippen LogP contribution in [-0.2, 0) is 14.3 Å². The minimum Gasteiger partial charge on any atom is -0.377 e. The van der Waals surface area contributed by atoms with E-state index in [4.69, 9.17) is 9.47 Å². The zero-order chi connectivity index (χ0) is 12.3. The van der Waals surface area contributed by atoms with Gasteiger partial charge in [-0.2, -0.15) is 0 Å². The lowest BCUT2D eigenvalue weighted by atomic mass is 9.98. The summed E-state index contributed by atoms with van der Waals surface area (Å²) in [6.45, 7) is 3.16. The van der Waals surface area contributed by atoms with E-state index in [9.17, 15) is 4.79 Å². The maximum atomic E-state index is 12.3. The van der Waals surface area contributed by atoms with Gasteiger partial charge in [0.25, 0.3) is 0 Å². The number of hydrogen-bond donors (Lipinski definition) is 1. The van der Waals surface area contributed by atoms with Gasteiger partial charge < -0.3 is 19.7 Å². The average Bonchev–Trinajstić information content (AvgIpc) is 2.82. The van der Waals surface area contributed by atoms with Crippen LogP contribution in [0.4, 0.5) is 0 Å². The maximum absolute atomic E-state index is 12.3. The van der Waals surface area contributed by atoms with Crippen molar-refractivity contribution < 1.29 is 14.3 Å². The first kappa shape index (κ1) is 12.8. The maximum Gasteiger partial charge on any atom is 0.227 e. The number of nitrogens with zero attached hydrogens (tertiary/aromatic N) is 1. The minimum absolute atomic E-state index is 0.0144. The molecule has 2 aliphatic heterocycles. The van der Waals surface area contributed by atoms with Gasteiger partial charge in [-0.25, -0.2) is 0 Å². The van der Waals surface area contributed by atoms with Crippen LogP contribution in [0.25, 0.3) is 0 Å². The van der Waals surface area contributed by atoms with Crippen molar-refractivity contribution in [3.63, 3.8) is 0 Å². The fraction of sp³-hybridized carbons (Fsp3) is 0.917. The van der Waals surface area contributed by atoms with E-state index < -0.39 is 0 Å². The highest BCUT2D eigenvalue weighted by Crippen LogP contribution is 2.20. The van der Waals surface area contributed by atoms with Crippen LogP contribution in [-0.4, -0.2) is 63.4 Å². The molecular formula is C12H22N2O3. The summed E-state index contributed by atoms with van der Waals surface area (Å²) in [7, 11) is 3.35. The Labute approximate surface area is 102 Å². The first-order valence-corrected chi connectivity index (χ1v) is 6.31. The van der Waals surface area contributed by atoms with Crippen LogP contribution in [0.3, 0.4) is 0 Å². The fourth-order valence-electron chi connectivity index (χ4n) is 2.70. The Bertz CT molecular complexity index is 254. The molecule has 2 heterocycles. The molecule has 5 heteroatoms.